The highest BCUT2D eigenvalue weighted by molar-refractivity contribution is 6.00. The van der Waals surface area contributed by atoms with Crippen molar-refractivity contribution in [2.24, 2.45) is 5.41 Å². The SMILES string of the molecule is CCc1c2c(nn1-c1ccc(F)cc1)CC(C)(C)CC2=O. The Morgan fingerprint density at radius 2 is 1.90 bits per heavy atom. The van der Waals surface area contributed by atoms with E-state index in [2.05, 4.69) is 18.9 Å². The summed E-state index contributed by atoms with van der Waals surface area (Å²) in [6.07, 6.45) is 2.09. The van der Waals surface area contributed by atoms with Gasteiger partial charge in [-0.05, 0) is 42.5 Å². The van der Waals surface area contributed by atoms with E-state index in [1.54, 1.807) is 16.8 Å². The van der Waals surface area contributed by atoms with E-state index >= 15 is 0 Å². The van der Waals surface area contributed by atoms with Gasteiger partial charge in [0.25, 0.3) is 0 Å². The molecule has 0 radical (unpaired) electrons. The van der Waals surface area contributed by atoms with E-state index in [0.29, 0.717) is 6.42 Å². The standard InChI is InChI=1S/C17H19FN2O/c1-4-14-16-13(9-17(2,3)10-15(16)21)19-20(14)12-7-5-11(18)6-8-12/h5-8H,4,9-10H2,1-3H3. The molecule has 0 aliphatic heterocycles. The largest absolute Gasteiger partial charge is 0.294 e. The molecule has 0 bridgehead atoms. The predicted molar refractivity (Wildman–Crippen MR) is 79.3 cm³/mol. The van der Waals surface area contributed by atoms with Crippen molar-refractivity contribution in [1.82, 2.24) is 9.78 Å². The van der Waals surface area contributed by atoms with Gasteiger partial charge in [-0.25, -0.2) is 9.07 Å². The van der Waals surface area contributed by atoms with Crippen LogP contribution in [-0.4, -0.2) is 15.6 Å². The Labute approximate surface area is 123 Å². The van der Waals surface area contributed by atoms with Gasteiger partial charge in [0, 0.05) is 6.42 Å². The van der Waals surface area contributed by atoms with Crippen molar-refractivity contribution in [2.45, 2.75) is 40.0 Å². The van der Waals surface area contributed by atoms with E-state index in [0.717, 1.165) is 35.5 Å². The van der Waals surface area contributed by atoms with Crippen molar-refractivity contribution in [1.29, 1.82) is 0 Å². The van der Waals surface area contributed by atoms with Gasteiger partial charge in [-0.15, -0.1) is 0 Å². The second-order valence-corrected chi connectivity index (χ2v) is 6.45. The molecule has 1 aliphatic rings. The third kappa shape index (κ3) is 2.39. The van der Waals surface area contributed by atoms with Gasteiger partial charge in [-0.3, -0.25) is 4.79 Å². The number of halogens is 1. The van der Waals surface area contributed by atoms with Gasteiger partial charge in [0.15, 0.2) is 5.78 Å². The summed E-state index contributed by atoms with van der Waals surface area (Å²) in [5.41, 5.74) is 3.33. The summed E-state index contributed by atoms with van der Waals surface area (Å²) in [6, 6.07) is 6.23. The monoisotopic (exact) mass is 286 g/mol. The third-order valence-electron chi connectivity index (χ3n) is 4.02. The number of hydrogen-bond donors (Lipinski definition) is 0. The Bertz CT molecular complexity index is 698. The number of aromatic nitrogens is 2. The smallest absolute Gasteiger partial charge is 0.167 e. The van der Waals surface area contributed by atoms with Crippen LogP contribution in [0.1, 0.15) is 48.9 Å². The molecule has 1 heterocycles. The highest BCUT2D eigenvalue weighted by Gasteiger charge is 2.35. The third-order valence-corrected chi connectivity index (χ3v) is 4.02. The van der Waals surface area contributed by atoms with Crippen molar-refractivity contribution in [3.8, 4) is 5.69 Å². The maximum absolute atomic E-state index is 13.1. The van der Waals surface area contributed by atoms with Gasteiger partial charge in [-0.1, -0.05) is 20.8 Å². The zero-order valence-electron chi connectivity index (χ0n) is 12.6. The van der Waals surface area contributed by atoms with E-state index in [-0.39, 0.29) is 17.0 Å². The Balaban J connectivity index is 2.16. The highest BCUT2D eigenvalue weighted by Crippen LogP contribution is 2.36. The summed E-state index contributed by atoms with van der Waals surface area (Å²) >= 11 is 0. The predicted octanol–water partition coefficient (Wildman–Crippen LogP) is 3.73. The quantitative estimate of drug-likeness (QED) is 0.843. The molecular formula is C17H19FN2O. The van der Waals surface area contributed by atoms with Crippen molar-refractivity contribution in [3.63, 3.8) is 0 Å². The van der Waals surface area contributed by atoms with Crippen molar-refractivity contribution in [2.75, 3.05) is 0 Å². The molecule has 0 atom stereocenters. The van der Waals surface area contributed by atoms with Crippen molar-refractivity contribution in [3.05, 3.63) is 47.0 Å². The minimum absolute atomic E-state index is 0.0446. The zero-order chi connectivity index (χ0) is 15.2. The number of hydrogen-bond acceptors (Lipinski definition) is 2. The summed E-state index contributed by atoms with van der Waals surface area (Å²) in [6.45, 7) is 6.21. The van der Waals surface area contributed by atoms with Crippen LogP contribution in [0.3, 0.4) is 0 Å². The van der Waals surface area contributed by atoms with E-state index in [1.807, 2.05) is 6.92 Å². The fourth-order valence-electron chi connectivity index (χ4n) is 3.11. The number of rotatable bonds is 2. The van der Waals surface area contributed by atoms with Gasteiger partial charge in [0.05, 0.1) is 22.6 Å². The van der Waals surface area contributed by atoms with E-state index in [9.17, 15) is 9.18 Å². The van der Waals surface area contributed by atoms with Crippen LogP contribution < -0.4 is 0 Å². The average molecular weight is 286 g/mol. The first kappa shape index (κ1) is 14.0. The number of Topliss-reactive ketones (excluding diaryl/α,β-unsaturated/α-hetero) is 1. The highest BCUT2D eigenvalue weighted by atomic mass is 19.1. The average Bonchev–Trinajstić information content (AvgIpc) is 2.76. The van der Waals surface area contributed by atoms with Gasteiger partial charge >= 0.3 is 0 Å². The maximum Gasteiger partial charge on any atom is 0.167 e. The van der Waals surface area contributed by atoms with Crippen LogP contribution in [0.15, 0.2) is 24.3 Å². The van der Waals surface area contributed by atoms with Crippen LogP contribution >= 0.6 is 0 Å². The number of benzene rings is 1. The number of carbonyl (C=O) groups excluding carboxylic acids is 1. The van der Waals surface area contributed by atoms with Crippen molar-refractivity contribution >= 4 is 5.78 Å². The lowest BCUT2D eigenvalue weighted by atomic mass is 9.75. The molecule has 21 heavy (non-hydrogen) atoms. The Kier molecular flexibility index (Phi) is 3.19. The maximum atomic E-state index is 13.1. The summed E-state index contributed by atoms with van der Waals surface area (Å²) in [5.74, 6) is -0.0996. The second kappa shape index (κ2) is 4.79. The number of fused-ring (bicyclic) bond motifs is 1. The first-order valence-electron chi connectivity index (χ1n) is 7.31. The molecule has 0 saturated carbocycles. The molecule has 3 nitrogen and oxygen atoms in total. The van der Waals surface area contributed by atoms with Crippen LogP contribution in [0.25, 0.3) is 5.69 Å². The van der Waals surface area contributed by atoms with Gasteiger partial charge in [-0.2, -0.15) is 5.10 Å². The molecule has 0 spiro atoms. The van der Waals surface area contributed by atoms with E-state index in [1.165, 1.54) is 12.1 Å². The first-order valence-corrected chi connectivity index (χ1v) is 7.31. The summed E-state index contributed by atoms with van der Waals surface area (Å²) in [7, 11) is 0. The van der Waals surface area contributed by atoms with E-state index < -0.39 is 0 Å². The topological polar surface area (TPSA) is 34.9 Å². The van der Waals surface area contributed by atoms with Crippen LogP contribution in [0.5, 0.6) is 0 Å². The number of carbonyl (C=O) groups is 1. The molecule has 110 valence electrons. The lowest BCUT2D eigenvalue weighted by molar-refractivity contribution is 0.0911. The molecule has 3 rings (SSSR count). The Hall–Kier alpha value is -1.97. The second-order valence-electron chi connectivity index (χ2n) is 6.45. The Morgan fingerprint density at radius 1 is 1.24 bits per heavy atom. The lowest BCUT2D eigenvalue weighted by Gasteiger charge is -2.27. The van der Waals surface area contributed by atoms with Gasteiger partial charge in [0.2, 0.25) is 0 Å². The molecular weight excluding hydrogens is 267 g/mol. The number of nitrogens with zero attached hydrogens (tertiary/aromatic N) is 2. The fraction of sp³-hybridized carbons (Fsp3) is 0.412. The van der Waals surface area contributed by atoms with E-state index in [4.69, 9.17) is 0 Å². The zero-order valence-corrected chi connectivity index (χ0v) is 12.6. The fourth-order valence-corrected chi connectivity index (χ4v) is 3.11. The summed E-state index contributed by atoms with van der Waals surface area (Å²) in [5, 5.41) is 4.64. The number of ketones is 1. The molecule has 0 N–H and O–H groups in total. The van der Waals surface area contributed by atoms with Crippen LogP contribution in [-0.2, 0) is 12.8 Å². The minimum atomic E-state index is -0.272. The minimum Gasteiger partial charge on any atom is -0.294 e. The molecule has 1 aliphatic carbocycles. The molecule has 0 saturated heterocycles. The summed E-state index contributed by atoms with van der Waals surface area (Å²) < 4.78 is 14.9. The van der Waals surface area contributed by atoms with Crippen LogP contribution in [0.4, 0.5) is 4.39 Å². The molecule has 1 aromatic carbocycles. The van der Waals surface area contributed by atoms with Gasteiger partial charge < -0.3 is 0 Å². The molecule has 1 aromatic heterocycles. The lowest BCUT2D eigenvalue weighted by Crippen LogP contribution is -2.27. The molecule has 0 fully saturated rings. The molecule has 2 aromatic rings. The molecule has 0 amide bonds. The normalized spacial score (nSPS) is 16.9. The van der Waals surface area contributed by atoms with Crippen molar-refractivity contribution < 1.29 is 9.18 Å². The van der Waals surface area contributed by atoms with Crippen LogP contribution in [0.2, 0.25) is 0 Å². The Morgan fingerprint density at radius 3 is 2.52 bits per heavy atom. The van der Waals surface area contributed by atoms with Crippen LogP contribution in [0, 0.1) is 11.2 Å². The first-order chi connectivity index (χ1) is 9.91. The summed E-state index contributed by atoms with van der Waals surface area (Å²) in [4.78, 5) is 12.5. The molecule has 0 unspecified atom stereocenters. The molecule has 4 heteroatoms. The van der Waals surface area contributed by atoms with Gasteiger partial charge in [0.1, 0.15) is 5.82 Å².